The molecule has 4 saturated heterocycles. The van der Waals surface area contributed by atoms with Crippen LogP contribution >= 0.6 is 0 Å². The number of ether oxygens (including phenoxy) is 2. The van der Waals surface area contributed by atoms with Gasteiger partial charge in [-0.2, -0.15) is 10.2 Å². The van der Waals surface area contributed by atoms with Crippen LogP contribution in [0.25, 0.3) is 10.8 Å². The first-order valence-corrected chi connectivity index (χ1v) is 18.1. The molecule has 2 bridgehead atoms. The lowest BCUT2D eigenvalue weighted by Crippen LogP contribution is -2.57. The first kappa shape index (κ1) is 32.5. The van der Waals surface area contributed by atoms with Gasteiger partial charge in [-0.05, 0) is 96.3 Å². The average molecular weight is 675 g/mol. The Labute approximate surface area is 294 Å². The summed E-state index contributed by atoms with van der Waals surface area (Å²) in [6.45, 7) is 10.6. The molecule has 260 valence electrons. The second kappa shape index (κ2) is 12.3. The number of pyridine rings is 1. The van der Waals surface area contributed by atoms with Gasteiger partial charge >= 0.3 is 6.09 Å². The number of benzene rings is 2. The molecule has 5 aliphatic heterocycles. The Hall–Kier alpha value is -4.67. The largest absolute Gasteiger partial charge is 0.508 e. The number of anilines is 2. The highest BCUT2D eigenvalue weighted by Gasteiger charge is 2.47. The third-order valence-electron chi connectivity index (χ3n) is 11.6. The number of carbonyl (C=O) groups excluding carboxylic acids is 1. The van der Waals surface area contributed by atoms with Gasteiger partial charge in [-0.1, -0.05) is 18.1 Å². The second-order valence-electron chi connectivity index (χ2n) is 15.8. The van der Waals surface area contributed by atoms with Crippen LogP contribution in [0.2, 0.25) is 0 Å². The molecule has 0 radical (unpaired) electrons. The van der Waals surface area contributed by atoms with Crippen molar-refractivity contribution in [3.8, 4) is 30.0 Å². The molecule has 4 fully saturated rings. The molecule has 0 spiro atoms. The number of fused-ring (bicyclic) bond motifs is 5. The van der Waals surface area contributed by atoms with E-state index in [4.69, 9.17) is 20.9 Å². The highest BCUT2D eigenvalue weighted by molar-refractivity contribution is 6.00. The van der Waals surface area contributed by atoms with E-state index < -0.39 is 5.60 Å². The fraction of sp³-hybridized carbons (Fsp3) is 0.525. The molecule has 0 aliphatic carbocycles. The summed E-state index contributed by atoms with van der Waals surface area (Å²) < 4.78 is 12.5. The number of hydrogen-bond acceptors (Lipinski definition) is 9. The van der Waals surface area contributed by atoms with Crippen LogP contribution in [0.1, 0.15) is 81.5 Å². The molecule has 0 saturated carbocycles. The Kier molecular flexibility index (Phi) is 7.99. The number of nitriles is 1. The number of terminal acetylenes is 1. The van der Waals surface area contributed by atoms with Crippen LogP contribution in [0.4, 0.5) is 16.3 Å². The maximum atomic E-state index is 13.2. The van der Waals surface area contributed by atoms with E-state index in [1.807, 2.05) is 43.9 Å². The van der Waals surface area contributed by atoms with Crippen molar-refractivity contribution in [2.45, 2.75) is 95.5 Å². The number of nitrogens with zero attached hydrogens (tertiary/aromatic N) is 6. The van der Waals surface area contributed by atoms with Gasteiger partial charge in [-0.15, -0.1) is 6.42 Å². The maximum Gasteiger partial charge on any atom is 0.410 e. The predicted octanol–water partition coefficient (Wildman–Crippen LogP) is 5.95. The standard InChI is InChI=1S/C40H46N6O4/c1-5-26-9-6-10-27-19-30(47)20-34(35(26)27)43-18-13-31-33(24-43)32(21-41)37(49-25-40-14-7-16-45(40)17-8-15-40)42-36(31)46-28-11-12-29(46)23-44(22-28)38(48)50-39(2,3)4/h1,6,9-10,19-20,28-29,47H,7-8,11-18,22-25H2,2-4H3/t28-,29+. The Morgan fingerprint density at radius 3 is 2.52 bits per heavy atom. The topological polar surface area (TPSA) is 105 Å². The summed E-state index contributed by atoms with van der Waals surface area (Å²) in [7, 11) is 0. The van der Waals surface area contributed by atoms with E-state index in [-0.39, 0.29) is 29.5 Å². The van der Waals surface area contributed by atoms with Gasteiger partial charge in [0.05, 0.1) is 5.54 Å². The van der Waals surface area contributed by atoms with Crippen molar-refractivity contribution >= 4 is 28.4 Å². The zero-order chi connectivity index (χ0) is 34.8. The SMILES string of the molecule is C#Cc1cccc2cc(O)cc(N3CCc4c(N5[C@@H]6CC[C@H]5CN(C(=O)OC(C)(C)C)C6)nc(OCC56CCCN5CCC6)c(C#N)c4C3)c12. The van der Waals surface area contributed by atoms with E-state index in [1.54, 1.807) is 12.1 Å². The molecule has 50 heavy (non-hydrogen) atoms. The average Bonchev–Trinajstić information content (AvgIpc) is 3.75. The summed E-state index contributed by atoms with van der Waals surface area (Å²) in [5.41, 5.74) is 3.51. The van der Waals surface area contributed by atoms with E-state index in [0.29, 0.717) is 50.7 Å². The van der Waals surface area contributed by atoms with Crippen molar-refractivity contribution in [3.63, 3.8) is 0 Å². The van der Waals surface area contributed by atoms with Crippen molar-refractivity contribution < 1.29 is 19.4 Å². The van der Waals surface area contributed by atoms with Gasteiger partial charge < -0.3 is 29.3 Å². The number of hydrogen-bond donors (Lipinski definition) is 1. The second-order valence-corrected chi connectivity index (χ2v) is 15.8. The molecule has 6 heterocycles. The minimum atomic E-state index is -0.561. The van der Waals surface area contributed by atoms with Crippen LogP contribution in [0, 0.1) is 23.7 Å². The third kappa shape index (κ3) is 5.54. The van der Waals surface area contributed by atoms with Crippen molar-refractivity contribution in [1.29, 1.82) is 5.26 Å². The van der Waals surface area contributed by atoms with Crippen LogP contribution < -0.4 is 14.5 Å². The van der Waals surface area contributed by atoms with Gasteiger partial charge in [0, 0.05) is 72.1 Å². The molecule has 0 unspecified atom stereocenters. The van der Waals surface area contributed by atoms with Gasteiger partial charge in [0.1, 0.15) is 35.4 Å². The summed E-state index contributed by atoms with van der Waals surface area (Å²) in [4.78, 5) is 27.5. The fourth-order valence-corrected chi connectivity index (χ4v) is 9.37. The Morgan fingerprint density at radius 1 is 1.10 bits per heavy atom. The van der Waals surface area contributed by atoms with Crippen molar-refractivity contribution in [2.75, 3.05) is 49.1 Å². The van der Waals surface area contributed by atoms with Gasteiger partial charge in [-0.25, -0.2) is 4.79 Å². The van der Waals surface area contributed by atoms with Gasteiger partial charge in [0.15, 0.2) is 0 Å². The van der Waals surface area contributed by atoms with Crippen LogP contribution in [0.5, 0.6) is 11.6 Å². The zero-order valence-electron chi connectivity index (χ0n) is 29.4. The Bertz CT molecular complexity index is 1920. The molecule has 10 nitrogen and oxygen atoms in total. The zero-order valence-corrected chi connectivity index (χ0v) is 29.4. The molecular formula is C40H46N6O4. The van der Waals surface area contributed by atoms with Crippen molar-refractivity contribution in [3.05, 3.63) is 52.6 Å². The lowest BCUT2D eigenvalue weighted by Gasteiger charge is -2.44. The minimum absolute atomic E-state index is 0.000677. The summed E-state index contributed by atoms with van der Waals surface area (Å²) in [6, 6.07) is 12.0. The summed E-state index contributed by atoms with van der Waals surface area (Å²) >= 11 is 0. The van der Waals surface area contributed by atoms with Crippen LogP contribution in [0.15, 0.2) is 30.3 Å². The highest BCUT2D eigenvalue weighted by Crippen LogP contribution is 2.45. The van der Waals surface area contributed by atoms with Gasteiger partial charge in [-0.3, -0.25) is 4.90 Å². The van der Waals surface area contributed by atoms with Crippen LogP contribution in [-0.2, 0) is 17.7 Å². The smallest absolute Gasteiger partial charge is 0.410 e. The number of rotatable bonds is 5. The highest BCUT2D eigenvalue weighted by atomic mass is 16.6. The molecule has 1 aromatic heterocycles. The number of phenolic OH excluding ortho intramolecular Hbond substituents is 1. The van der Waals surface area contributed by atoms with Gasteiger partial charge in [0.25, 0.3) is 0 Å². The Morgan fingerprint density at radius 2 is 1.84 bits per heavy atom. The molecule has 10 heteroatoms. The number of phenols is 1. The molecule has 3 aromatic rings. The normalized spacial score (nSPS) is 22.6. The molecule has 1 N–H and O–H groups in total. The summed E-state index contributed by atoms with van der Waals surface area (Å²) in [5.74, 6) is 4.28. The third-order valence-corrected chi connectivity index (χ3v) is 11.6. The number of aromatic hydroxyl groups is 1. The predicted molar refractivity (Wildman–Crippen MR) is 193 cm³/mol. The lowest BCUT2D eigenvalue weighted by molar-refractivity contribution is 0.0209. The van der Waals surface area contributed by atoms with Crippen LogP contribution in [0.3, 0.4) is 0 Å². The molecule has 1 amide bonds. The monoisotopic (exact) mass is 674 g/mol. The van der Waals surface area contributed by atoms with Gasteiger partial charge in [0.2, 0.25) is 5.88 Å². The number of likely N-dealkylation sites (tertiary alicyclic amines) is 1. The number of amides is 1. The molecule has 2 aromatic carbocycles. The minimum Gasteiger partial charge on any atom is -0.508 e. The summed E-state index contributed by atoms with van der Waals surface area (Å²) in [6.07, 6.45) is 12.8. The summed E-state index contributed by atoms with van der Waals surface area (Å²) in [5, 5.41) is 23.4. The number of piperazine rings is 1. The quantitative estimate of drug-likeness (QED) is 0.329. The van der Waals surface area contributed by atoms with Crippen LogP contribution in [-0.4, -0.2) is 88.5 Å². The van der Waals surface area contributed by atoms with E-state index >= 15 is 0 Å². The fourth-order valence-electron chi connectivity index (χ4n) is 9.37. The van der Waals surface area contributed by atoms with E-state index in [1.165, 1.54) is 0 Å². The molecule has 8 rings (SSSR count). The van der Waals surface area contributed by atoms with E-state index in [9.17, 15) is 15.2 Å². The first-order chi connectivity index (χ1) is 24.1. The molecule has 5 aliphatic rings. The molecule has 2 atom stereocenters. The first-order valence-electron chi connectivity index (χ1n) is 18.1. The van der Waals surface area contributed by atoms with Crippen molar-refractivity contribution in [2.24, 2.45) is 0 Å². The Balaban J connectivity index is 1.19. The number of aromatic nitrogens is 1. The maximum absolute atomic E-state index is 13.2. The van der Waals surface area contributed by atoms with E-state index in [0.717, 1.165) is 90.6 Å². The molecular weight excluding hydrogens is 628 g/mol. The number of carbonyl (C=O) groups is 1. The lowest BCUT2D eigenvalue weighted by atomic mass is 9.93. The van der Waals surface area contributed by atoms with Crippen molar-refractivity contribution in [1.82, 2.24) is 14.8 Å². The van der Waals surface area contributed by atoms with E-state index in [2.05, 4.69) is 26.7 Å².